The van der Waals surface area contributed by atoms with E-state index in [0.717, 1.165) is 10.2 Å². The van der Waals surface area contributed by atoms with Crippen LogP contribution in [-0.2, 0) is 4.79 Å². The van der Waals surface area contributed by atoms with Crippen molar-refractivity contribution >= 4 is 27.5 Å². The lowest BCUT2D eigenvalue weighted by molar-refractivity contribution is -0.111. The molecule has 0 aliphatic rings. The highest BCUT2D eigenvalue weighted by atomic mass is 79.9. The van der Waals surface area contributed by atoms with Gasteiger partial charge in [0.05, 0.1) is 0 Å². The average Bonchev–Trinajstić information content (AvgIpc) is 2.19. The third-order valence-electron chi connectivity index (χ3n) is 1.74. The number of anilines is 1. The van der Waals surface area contributed by atoms with Crippen LogP contribution in [0.1, 0.15) is 13.8 Å². The highest BCUT2D eigenvalue weighted by Gasteiger charge is 1.97. The first-order chi connectivity index (χ1) is 7.08. The molecule has 80 valence electrons. The zero-order chi connectivity index (χ0) is 11.3. The summed E-state index contributed by atoms with van der Waals surface area (Å²) >= 11 is 3.33. The maximum Gasteiger partial charge on any atom is 0.248 e. The third-order valence-corrected chi connectivity index (χ3v) is 2.27. The first-order valence-corrected chi connectivity index (χ1v) is 5.62. The Morgan fingerprint density at radius 3 is 2.47 bits per heavy atom. The number of halogens is 1. The number of nitrogens with one attached hydrogen (secondary N) is 1. The molecule has 0 radical (unpaired) electrons. The first kappa shape index (κ1) is 12.0. The summed E-state index contributed by atoms with van der Waals surface area (Å²) in [5, 5.41) is 2.78. The Morgan fingerprint density at radius 2 is 1.93 bits per heavy atom. The molecule has 0 aromatic heterocycles. The van der Waals surface area contributed by atoms with Crippen molar-refractivity contribution in [3.63, 3.8) is 0 Å². The SMILES string of the molecule is CC(C)/C=C/C(=O)Nc1ccc(Br)cc1. The number of allylic oxidation sites excluding steroid dienone is 1. The van der Waals surface area contributed by atoms with Gasteiger partial charge >= 0.3 is 0 Å². The van der Waals surface area contributed by atoms with E-state index in [1.165, 1.54) is 0 Å². The Labute approximate surface area is 98.5 Å². The molecule has 2 nitrogen and oxygen atoms in total. The second-order valence-corrected chi connectivity index (χ2v) is 4.51. The monoisotopic (exact) mass is 267 g/mol. The summed E-state index contributed by atoms with van der Waals surface area (Å²) in [7, 11) is 0. The van der Waals surface area contributed by atoms with Gasteiger partial charge in [-0.05, 0) is 36.3 Å². The van der Waals surface area contributed by atoms with Gasteiger partial charge in [-0.2, -0.15) is 0 Å². The summed E-state index contributed by atoms with van der Waals surface area (Å²) in [5.41, 5.74) is 0.802. The van der Waals surface area contributed by atoms with Crippen LogP contribution in [0.2, 0.25) is 0 Å². The molecule has 1 aromatic rings. The fourth-order valence-electron chi connectivity index (χ4n) is 0.997. The molecule has 0 aliphatic heterocycles. The van der Waals surface area contributed by atoms with Crippen molar-refractivity contribution in [1.29, 1.82) is 0 Å². The van der Waals surface area contributed by atoms with Crippen LogP contribution in [0.4, 0.5) is 5.69 Å². The Hall–Kier alpha value is -1.09. The van der Waals surface area contributed by atoms with Crippen molar-refractivity contribution in [2.45, 2.75) is 13.8 Å². The topological polar surface area (TPSA) is 29.1 Å². The molecule has 0 heterocycles. The molecule has 0 saturated carbocycles. The minimum absolute atomic E-state index is 0.0916. The minimum atomic E-state index is -0.0916. The van der Waals surface area contributed by atoms with Gasteiger partial charge in [0, 0.05) is 10.2 Å². The summed E-state index contributed by atoms with van der Waals surface area (Å²) in [6.07, 6.45) is 3.43. The molecule has 1 rings (SSSR count). The van der Waals surface area contributed by atoms with Gasteiger partial charge < -0.3 is 5.32 Å². The minimum Gasteiger partial charge on any atom is -0.323 e. The number of carbonyl (C=O) groups excluding carboxylic acids is 1. The number of benzene rings is 1. The number of amides is 1. The summed E-state index contributed by atoms with van der Waals surface area (Å²) in [6, 6.07) is 7.49. The van der Waals surface area contributed by atoms with Crippen molar-refractivity contribution in [3.8, 4) is 0 Å². The van der Waals surface area contributed by atoms with Gasteiger partial charge in [-0.1, -0.05) is 35.9 Å². The molecule has 0 aliphatic carbocycles. The molecule has 0 bridgehead atoms. The van der Waals surface area contributed by atoms with Crippen molar-refractivity contribution in [2.75, 3.05) is 5.32 Å². The highest BCUT2D eigenvalue weighted by Crippen LogP contribution is 2.13. The number of carbonyl (C=O) groups is 1. The Balaban J connectivity index is 2.55. The van der Waals surface area contributed by atoms with Crippen LogP contribution >= 0.6 is 15.9 Å². The Bertz CT molecular complexity index is 354. The summed E-state index contributed by atoms with van der Waals surface area (Å²) in [4.78, 5) is 11.4. The molecule has 3 heteroatoms. The van der Waals surface area contributed by atoms with Crippen LogP contribution in [0.5, 0.6) is 0 Å². The molecule has 1 aromatic carbocycles. The van der Waals surface area contributed by atoms with Gasteiger partial charge in [0.15, 0.2) is 0 Å². The fourth-order valence-corrected chi connectivity index (χ4v) is 1.26. The van der Waals surface area contributed by atoms with E-state index < -0.39 is 0 Å². The van der Waals surface area contributed by atoms with Crippen LogP contribution in [0.3, 0.4) is 0 Å². The Morgan fingerprint density at radius 1 is 1.33 bits per heavy atom. The van der Waals surface area contributed by atoms with E-state index in [-0.39, 0.29) is 5.91 Å². The van der Waals surface area contributed by atoms with Crippen molar-refractivity contribution in [3.05, 3.63) is 40.9 Å². The molecule has 0 saturated heterocycles. The van der Waals surface area contributed by atoms with Crippen LogP contribution in [-0.4, -0.2) is 5.91 Å². The lowest BCUT2D eigenvalue weighted by Crippen LogP contribution is -2.07. The van der Waals surface area contributed by atoms with Gasteiger partial charge in [0.2, 0.25) is 5.91 Å². The fraction of sp³-hybridized carbons (Fsp3) is 0.250. The van der Waals surface area contributed by atoms with Crippen LogP contribution in [0.15, 0.2) is 40.9 Å². The van der Waals surface area contributed by atoms with Crippen molar-refractivity contribution < 1.29 is 4.79 Å². The number of hydrogen-bond acceptors (Lipinski definition) is 1. The molecular weight excluding hydrogens is 254 g/mol. The molecule has 1 N–H and O–H groups in total. The van der Waals surface area contributed by atoms with Crippen LogP contribution in [0.25, 0.3) is 0 Å². The van der Waals surface area contributed by atoms with Gasteiger partial charge in [-0.25, -0.2) is 0 Å². The van der Waals surface area contributed by atoms with Gasteiger partial charge in [0.1, 0.15) is 0 Å². The highest BCUT2D eigenvalue weighted by molar-refractivity contribution is 9.10. The van der Waals surface area contributed by atoms with E-state index in [4.69, 9.17) is 0 Å². The van der Waals surface area contributed by atoms with Crippen molar-refractivity contribution in [1.82, 2.24) is 0 Å². The zero-order valence-electron chi connectivity index (χ0n) is 8.83. The van der Waals surface area contributed by atoms with E-state index in [2.05, 4.69) is 21.2 Å². The third kappa shape index (κ3) is 4.79. The molecule has 0 fully saturated rings. The standard InChI is InChI=1S/C12H14BrNO/c1-9(2)3-8-12(15)14-11-6-4-10(13)5-7-11/h3-9H,1-2H3,(H,14,15)/b8-3+. The van der Waals surface area contributed by atoms with Crippen LogP contribution in [0, 0.1) is 5.92 Å². The number of rotatable bonds is 3. The molecule has 0 unspecified atom stereocenters. The first-order valence-electron chi connectivity index (χ1n) is 4.82. The summed E-state index contributed by atoms with van der Waals surface area (Å²) in [6.45, 7) is 4.06. The second kappa shape index (κ2) is 5.71. The quantitative estimate of drug-likeness (QED) is 0.834. The molecule has 1 amide bonds. The number of hydrogen-bond donors (Lipinski definition) is 1. The molecule has 15 heavy (non-hydrogen) atoms. The molecule has 0 spiro atoms. The van der Waals surface area contributed by atoms with E-state index in [9.17, 15) is 4.79 Å². The second-order valence-electron chi connectivity index (χ2n) is 3.60. The van der Waals surface area contributed by atoms with Gasteiger partial charge in [0.25, 0.3) is 0 Å². The van der Waals surface area contributed by atoms with Crippen molar-refractivity contribution in [2.24, 2.45) is 5.92 Å². The van der Waals surface area contributed by atoms with E-state index in [1.54, 1.807) is 6.08 Å². The lowest BCUT2D eigenvalue weighted by Gasteiger charge is -2.02. The Kier molecular flexibility index (Phi) is 4.56. The average molecular weight is 268 g/mol. The van der Waals surface area contributed by atoms with E-state index >= 15 is 0 Å². The van der Waals surface area contributed by atoms with E-state index in [1.807, 2.05) is 44.2 Å². The normalized spacial score (nSPS) is 10.9. The van der Waals surface area contributed by atoms with Gasteiger partial charge in [-0.15, -0.1) is 0 Å². The maximum atomic E-state index is 11.4. The van der Waals surface area contributed by atoms with Gasteiger partial charge in [-0.3, -0.25) is 4.79 Å². The summed E-state index contributed by atoms with van der Waals surface area (Å²) < 4.78 is 0.998. The molecular formula is C12H14BrNO. The summed E-state index contributed by atoms with van der Waals surface area (Å²) in [5.74, 6) is 0.298. The van der Waals surface area contributed by atoms with E-state index in [0.29, 0.717) is 5.92 Å². The predicted molar refractivity (Wildman–Crippen MR) is 66.7 cm³/mol. The smallest absolute Gasteiger partial charge is 0.248 e. The molecule has 0 atom stereocenters. The van der Waals surface area contributed by atoms with Crippen LogP contribution < -0.4 is 5.32 Å². The predicted octanol–water partition coefficient (Wildman–Crippen LogP) is 3.60. The zero-order valence-corrected chi connectivity index (χ0v) is 10.4. The lowest BCUT2D eigenvalue weighted by atomic mass is 10.2. The maximum absolute atomic E-state index is 11.4. The largest absolute Gasteiger partial charge is 0.323 e.